The molecule has 0 saturated carbocycles. The average Bonchev–Trinajstić information content (AvgIpc) is 2.54. The maximum absolute atomic E-state index is 5.31. The lowest BCUT2D eigenvalue weighted by atomic mass is 10.0. The van der Waals surface area contributed by atoms with Crippen molar-refractivity contribution in [1.29, 1.82) is 0 Å². The number of nitrogens with one attached hydrogen (secondary N) is 1. The van der Waals surface area contributed by atoms with E-state index >= 15 is 0 Å². The first-order valence-corrected chi connectivity index (χ1v) is 7.02. The number of rotatable bonds is 3. The largest absolute Gasteiger partial charge is 0.497 e. The van der Waals surface area contributed by atoms with Crippen LogP contribution in [0.4, 0.5) is 0 Å². The molecular formula is C16H19N3O2. The molecule has 21 heavy (non-hydrogen) atoms. The van der Waals surface area contributed by atoms with Crippen molar-refractivity contribution in [2.75, 3.05) is 20.8 Å². The van der Waals surface area contributed by atoms with Gasteiger partial charge in [0, 0.05) is 23.9 Å². The summed E-state index contributed by atoms with van der Waals surface area (Å²) < 4.78 is 10.6. The van der Waals surface area contributed by atoms with E-state index in [9.17, 15) is 0 Å². The number of methoxy groups -OCH3 is 2. The second kappa shape index (κ2) is 5.69. The van der Waals surface area contributed by atoms with Crippen LogP contribution in [-0.2, 0) is 13.0 Å². The fraction of sp³-hybridized carbons (Fsp3) is 0.375. The summed E-state index contributed by atoms with van der Waals surface area (Å²) in [6.07, 6.45) is 0.989. The second-order valence-electron chi connectivity index (χ2n) is 5.09. The van der Waals surface area contributed by atoms with Crippen LogP contribution in [0.1, 0.15) is 17.0 Å². The monoisotopic (exact) mass is 285 g/mol. The van der Waals surface area contributed by atoms with E-state index < -0.39 is 0 Å². The molecule has 3 rings (SSSR count). The average molecular weight is 285 g/mol. The Balaban J connectivity index is 2.10. The van der Waals surface area contributed by atoms with Crippen LogP contribution in [0.15, 0.2) is 18.2 Å². The predicted molar refractivity (Wildman–Crippen MR) is 80.7 cm³/mol. The van der Waals surface area contributed by atoms with Gasteiger partial charge in [-0.05, 0) is 37.6 Å². The van der Waals surface area contributed by atoms with E-state index in [-0.39, 0.29) is 0 Å². The number of hydrogen-bond acceptors (Lipinski definition) is 5. The number of benzene rings is 1. The summed E-state index contributed by atoms with van der Waals surface area (Å²) in [5.41, 5.74) is 4.32. The van der Waals surface area contributed by atoms with Gasteiger partial charge < -0.3 is 14.8 Å². The molecule has 5 heteroatoms. The lowest BCUT2D eigenvalue weighted by molar-refractivity contribution is 0.394. The Labute approximate surface area is 124 Å². The van der Waals surface area contributed by atoms with Crippen LogP contribution in [0.5, 0.6) is 11.5 Å². The Morgan fingerprint density at radius 3 is 2.43 bits per heavy atom. The molecule has 1 aliphatic rings. The molecule has 1 N–H and O–H groups in total. The third-order valence-corrected chi connectivity index (χ3v) is 3.75. The van der Waals surface area contributed by atoms with Crippen LogP contribution < -0.4 is 14.8 Å². The molecule has 0 radical (unpaired) electrons. The van der Waals surface area contributed by atoms with Crippen LogP contribution >= 0.6 is 0 Å². The maximum atomic E-state index is 5.31. The van der Waals surface area contributed by atoms with Crippen LogP contribution in [0, 0.1) is 6.92 Å². The Morgan fingerprint density at radius 2 is 1.76 bits per heavy atom. The zero-order chi connectivity index (χ0) is 14.8. The summed E-state index contributed by atoms with van der Waals surface area (Å²) in [5.74, 6) is 2.19. The van der Waals surface area contributed by atoms with Gasteiger partial charge in [-0.1, -0.05) is 0 Å². The molecule has 2 aromatic rings. The predicted octanol–water partition coefficient (Wildman–Crippen LogP) is 2.11. The third-order valence-electron chi connectivity index (χ3n) is 3.75. The van der Waals surface area contributed by atoms with Crippen molar-refractivity contribution in [3.63, 3.8) is 0 Å². The van der Waals surface area contributed by atoms with Crippen LogP contribution in [0.25, 0.3) is 11.4 Å². The summed E-state index contributed by atoms with van der Waals surface area (Å²) in [6.45, 7) is 3.84. The van der Waals surface area contributed by atoms with Gasteiger partial charge in [-0.25, -0.2) is 9.97 Å². The Bertz CT molecular complexity index is 649. The SMILES string of the molecule is COc1cc(OC)cc(-c2nc(C)c3c(n2)CNCC3)c1. The Kier molecular flexibility index (Phi) is 3.75. The van der Waals surface area contributed by atoms with Gasteiger partial charge in [0.05, 0.1) is 19.9 Å². The summed E-state index contributed by atoms with van der Waals surface area (Å²) in [5, 5.41) is 3.35. The van der Waals surface area contributed by atoms with Crippen molar-refractivity contribution in [2.24, 2.45) is 0 Å². The lowest BCUT2D eigenvalue weighted by Crippen LogP contribution is -2.26. The molecular weight excluding hydrogens is 266 g/mol. The number of hydrogen-bond donors (Lipinski definition) is 1. The van der Waals surface area contributed by atoms with Gasteiger partial charge in [0.1, 0.15) is 11.5 Å². The topological polar surface area (TPSA) is 56.3 Å². The minimum absolute atomic E-state index is 0.715. The van der Waals surface area contributed by atoms with E-state index in [0.717, 1.165) is 48.0 Å². The molecule has 0 atom stereocenters. The summed E-state index contributed by atoms with van der Waals surface area (Å²) in [7, 11) is 3.28. The van der Waals surface area contributed by atoms with Crippen LogP contribution in [0.3, 0.4) is 0 Å². The molecule has 1 aliphatic heterocycles. The molecule has 1 aromatic heterocycles. The quantitative estimate of drug-likeness (QED) is 0.936. The molecule has 1 aromatic carbocycles. The number of ether oxygens (including phenoxy) is 2. The Hall–Kier alpha value is -2.14. The summed E-state index contributed by atoms with van der Waals surface area (Å²) in [6, 6.07) is 5.70. The minimum Gasteiger partial charge on any atom is -0.497 e. The van der Waals surface area contributed by atoms with Gasteiger partial charge in [0.2, 0.25) is 0 Å². The highest BCUT2D eigenvalue weighted by atomic mass is 16.5. The number of aryl methyl sites for hydroxylation is 1. The normalized spacial score (nSPS) is 13.7. The summed E-state index contributed by atoms with van der Waals surface area (Å²) >= 11 is 0. The molecule has 0 spiro atoms. The van der Waals surface area contributed by atoms with Gasteiger partial charge >= 0.3 is 0 Å². The molecule has 0 bridgehead atoms. The summed E-state index contributed by atoms with van der Waals surface area (Å²) in [4.78, 5) is 9.37. The first-order valence-electron chi connectivity index (χ1n) is 7.02. The first-order chi connectivity index (χ1) is 10.2. The van der Waals surface area contributed by atoms with Crippen LogP contribution in [0.2, 0.25) is 0 Å². The number of aromatic nitrogens is 2. The maximum Gasteiger partial charge on any atom is 0.159 e. The highest BCUT2D eigenvalue weighted by Gasteiger charge is 2.16. The van der Waals surface area contributed by atoms with Crippen molar-refractivity contribution < 1.29 is 9.47 Å². The lowest BCUT2D eigenvalue weighted by Gasteiger charge is -2.19. The third kappa shape index (κ3) is 2.69. The smallest absolute Gasteiger partial charge is 0.159 e. The van der Waals surface area contributed by atoms with E-state index in [1.54, 1.807) is 14.2 Å². The molecule has 0 saturated heterocycles. The highest BCUT2D eigenvalue weighted by Crippen LogP contribution is 2.29. The highest BCUT2D eigenvalue weighted by molar-refractivity contribution is 5.61. The van der Waals surface area contributed by atoms with Crippen molar-refractivity contribution >= 4 is 0 Å². The van der Waals surface area contributed by atoms with Crippen molar-refractivity contribution in [2.45, 2.75) is 19.9 Å². The minimum atomic E-state index is 0.715. The molecule has 5 nitrogen and oxygen atoms in total. The fourth-order valence-corrected chi connectivity index (χ4v) is 2.61. The van der Waals surface area contributed by atoms with Gasteiger partial charge in [-0.2, -0.15) is 0 Å². The van der Waals surface area contributed by atoms with E-state index in [1.807, 2.05) is 25.1 Å². The first kappa shape index (κ1) is 13.8. The molecule has 110 valence electrons. The van der Waals surface area contributed by atoms with Gasteiger partial charge in [0.15, 0.2) is 5.82 Å². The van der Waals surface area contributed by atoms with E-state index in [2.05, 4.69) is 10.3 Å². The second-order valence-corrected chi connectivity index (χ2v) is 5.09. The van der Waals surface area contributed by atoms with Gasteiger partial charge in [-0.15, -0.1) is 0 Å². The molecule has 0 unspecified atom stereocenters. The number of fused-ring (bicyclic) bond motifs is 1. The van der Waals surface area contributed by atoms with E-state index in [0.29, 0.717) is 5.82 Å². The molecule has 2 heterocycles. The standard InChI is InChI=1S/C16H19N3O2/c1-10-14-4-5-17-9-15(14)19-16(18-10)11-6-12(20-2)8-13(7-11)21-3/h6-8,17H,4-5,9H2,1-3H3. The van der Waals surface area contributed by atoms with Crippen molar-refractivity contribution in [3.8, 4) is 22.9 Å². The zero-order valence-corrected chi connectivity index (χ0v) is 12.6. The zero-order valence-electron chi connectivity index (χ0n) is 12.6. The van der Waals surface area contributed by atoms with E-state index in [1.165, 1.54) is 5.56 Å². The number of nitrogens with zero attached hydrogens (tertiary/aromatic N) is 2. The van der Waals surface area contributed by atoms with Gasteiger partial charge in [0.25, 0.3) is 0 Å². The van der Waals surface area contributed by atoms with E-state index in [4.69, 9.17) is 14.5 Å². The molecule has 0 amide bonds. The molecule has 0 fully saturated rings. The van der Waals surface area contributed by atoms with Crippen molar-refractivity contribution in [3.05, 3.63) is 35.2 Å². The molecule has 0 aliphatic carbocycles. The van der Waals surface area contributed by atoms with Crippen molar-refractivity contribution in [1.82, 2.24) is 15.3 Å². The fourth-order valence-electron chi connectivity index (χ4n) is 2.61. The van der Waals surface area contributed by atoms with Crippen LogP contribution in [-0.4, -0.2) is 30.7 Å². The Morgan fingerprint density at radius 1 is 1.05 bits per heavy atom. The van der Waals surface area contributed by atoms with Gasteiger partial charge in [-0.3, -0.25) is 0 Å².